The summed E-state index contributed by atoms with van der Waals surface area (Å²) in [6.07, 6.45) is 0.935. The van der Waals surface area contributed by atoms with Crippen molar-refractivity contribution in [1.82, 2.24) is 4.98 Å². The molecule has 2 aromatic carbocycles. The summed E-state index contributed by atoms with van der Waals surface area (Å²) in [6, 6.07) is 21.6. The van der Waals surface area contributed by atoms with E-state index in [1.807, 2.05) is 66.0 Å². The lowest BCUT2D eigenvalue weighted by atomic mass is 10.1. The molecule has 1 N–H and O–H groups in total. The van der Waals surface area contributed by atoms with Crippen LogP contribution < -0.4 is 5.32 Å². The van der Waals surface area contributed by atoms with E-state index in [1.165, 1.54) is 5.56 Å². The third-order valence-corrected chi connectivity index (χ3v) is 5.22. The maximum Gasteiger partial charge on any atom is 0.256 e. The van der Waals surface area contributed by atoms with Crippen molar-refractivity contribution in [2.24, 2.45) is 0 Å². The Morgan fingerprint density at radius 1 is 1.04 bits per heavy atom. The number of amides is 1. The molecule has 0 unspecified atom stereocenters. The summed E-state index contributed by atoms with van der Waals surface area (Å²) < 4.78 is 0. The molecule has 4 aromatic rings. The number of pyridine rings is 1. The Morgan fingerprint density at radius 2 is 1.92 bits per heavy atom. The second-order valence-corrected chi connectivity index (χ2v) is 7.01. The van der Waals surface area contributed by atoms with Gasteiger partial charge in [0.15, 0.2) is 0 Å². The normalized spacial score (nSPS) is 10.8. The quantitative estimate of drug-likeness (QED) is 0.502. The van der Waals surface area contributed by atoms with Gasteiger partial charge in [0, 0.05) is 11.1 Å². The number of aromatic nitrogens is 1. The Labute approximate surface area is 156 Å². The number of carbonyl (C=O) groups excluding carboxylic acids is 1. The third-order valence-electron chi connectivity index (χ3n) is 4.33. The van der Waals surface area contributed by atoms with E-state index in [-0.39, 0.29) is 5.91 Å². The monoisotopic (exact) mass is 358 g/mol. The van der Waals surface area contributed by atoms with Gasteiger partial charge in [0.2, 0.25) is 0 Å². The molecular weight excluding hydrogens is 340 g/mol. The molecule has 3 nitrogen and oxygen atoms in total. The fourth-order valence-electron chi connectivity index (χ4n) is 2.98. The molecule has 4 rings (SSSR count). The highest BCUT2D eigenvalue weighted by Crippen LogP contribution is 2.28. The summed E-state index contributed by atoms with van der Waals surface area (Å²) in [5.74, 6) is -0.116. The topological polar surface area (TPSA) is 42.0 Å². The summed E-state index contributed by atoms with van der Waals surface area (Å²) in [6.45, 7) is 2.10. The van der Waals surface area contributed by atoms with Gasteiger partial charge in [0.25, 0.3) is 5.91 Å². The van der Waals surface area contributed by atoms with Crippen LogP contribution in [0.1, 0.15) is 22.8 Å². The van der Waals surface area contributed by atoms with Crippen molar-refractivity contribution < 1.29 is 4.79 Å². The lowest BCUT2D eigenvalue weighted by molar-refractivity contribution is 0.102. The minimum atomic E-state index is -0.116. The standard InChI is InChI=1S/C22H18N2OS/c1-2-15-7-5-8-16(13-15)23-22(25)18-14-20(21-11-6-12-26-21)24-19-10-4-3-9-17(18)19/h3-14H,2H2,1H3,(H,23,25). The van der Waals surface area contributed by atoms with Gasteiger partial charge in [-0.1, -0.05) is 43.3 Å². The van der Waals surface area contributed by atoms with Crippen LogP contribution in [0.15, 0.2) is 72.1 Å². The van der Waals surface area contributed by atoms with Crippen molar-refractivity contribution in [2.75, 3.05) is 5.32 Å². The first kappa shape index (κ1) is 16.5. The smallest absolute Gasteiger partial charge is 0.256 e. The van der Waals surface area contributed by atoms with Crippen molar-refractivity contribution in [3.8, 4) is 10.6 Å². The average Bonchev–Trinajstić information content (AvgIpc) is 3.22. The highest BCUT2D eigenvalue weighted by atomic mass is 32.1. The zero-order chi connectivity index (χ0) is 17.9. The first-order valence-corrected chi connectivity index (χ1v) is 9.46. The molecule has 0 aliphatic carbocycles. The number of para-hydroxylation sites is 1. The lowest BCUT2D eigenvalue weighted by Gasteiger charge is -2.10. The lowest BCUT2D eigenvalue weighted by Crippen LogP contribution is -2.13. The second-order valence-electron chi connectivity index (χ2n) is 6.06. The number of aryl methyl sites for hydroxylation is 1. The number of benzene rings is 2. The van der Waals surface area contributed by atoms with Crippen LogP contribution in [0, 0.1) is 0 Å². The minimum Gasteiger partial charge on any atom is -0.322 e. The molecule has 0 fully saturated rings. The predicted molar refractivity (Wildman–Crippen MR) is 109 cm³/mol. The molecule has 26 heavy (non-hydrogen) atoms. The second kappa shape index (κ2) is 7.10. The van der Waals surface area contributed by atoms with Gasteiger partial charge in [0.1, 0.15) is 0 Å². The van der Waals surface area contributed by atoms with Gasteiger partial charge in [-0.2, -0.15) is 0 Å². The van der Waals surface area contributed by atoms with Crippen LogP contribution >= 0.6 is 11.3 Å². The van der Waals surface area contributed by atoms with E-state index in [2.05, 4.69) is 18.3 Å². The average molecular weight is 358 g/mol. The van der Waals surface area contributed by atoms with E-state index in [4.69, 9.17) is 4.98 Å². The molecule has 2 heterocycles. The minimum absolute atomic E-state index is 0.116. The van der Waals surface area contributed by atoms with Gasteiger partial charge in [0.05, 0.1) is 21.7 Å². The van der Waals surface area contributed by atoms with Gasteiger partial charge >= 0.3 is 0 Å². The van der Waals surface area contributed by atoms with Crippen LogP contribution in [-0.4, -0.2) is 10.9 Å². The number of hydrogen-bond acceptors (Lipinski definition) is 3. The van der Waals surface area contributed by atoms with Crippen molar-refractivity contribution in [1.29, 1.82) is 0 Å². The first-order valence-electron chi connectivity index (χ1n) is 8.58. The fourth-order valence-corrected chi connectivity index (χ4v) is 3.67. The van der Waals surface area contributed by atoms with Crippen LogP contribution in [-0.2, 0) is 6.42 Å². The third kappa shape index (κ3) is 3.24. The summed E-state index contributed by atoms with van der Waals surface area (Å²) in [7, 11) is 0. The van der Waals surface area contributed by atoms with Crippen molar-refractivity contribution in [3.63, 3.8) is 0 Å². The summed E-state index contributed by atoms with van der Waals surface area (Å²) in [5, 5.41) is 5.91. The molecule has 0 atom stereocenters. The fraction of sp³-hybridized carbons (Fsp3) is 0.0909. The molecule has 0 aliphatic rings. The Kier molecular flexibility index (Phi) is 4.50. The van der Waals surface area contributed by atoms with Gasteiger partial charge in [-0.25, -0.2) is 4.98 Å². The van der Waals surface area contributed by atoms with Crippen molar-refractivity contribution in [2.45, 2.75) is 13.3 Å². The van der Waals surface area contributed by atoms with Crippen molar-refractivity contribution in [3.05, 3.63) is 83.2 Å². The van der Waals surface area contributed by atoms with Gasteiger partial charge < -0.3 is 5.32 Å². The summed E-state index contributed by atoms with van der Waals surface area (Å²) >= 11 is 1.62. The van der Waals surface area contributed by atoms with Crippen LogP contribution in [0.5, 0.6) is 0 Å². The Balaban J connectivity index is 1.77. The van der Waals surface area contributed by atoms with Gasteiger partial charge in [-0.15, -0.1) is 11.3 Å². The number of nitrogens with zero attached hydrogens (tertiary/aromatic N) is 1. The predicted octanol–water partition coefficient (Wildman–Crippen LogP) is 5.78. The van der Waals surface area contributed by atoms with E-state index in [9.17, 15) is 4.79 Å². The highest BCUT2D eigenvalue weighted by Gasteiger charge is 2.14. The first-order chi connectivity index (χ1) is 12.7. The zero-order valence-electron chi connectivity index (χ0n) is 14.4. The maximum atomic E-state index is 13.0. The molecule has 0 radical (unpaired) electrons. The van der Waals surface area contributed by atoms with E-state index in [1.54, 1.807) is 11.3 Å². The number of hydrogen-bond donors (Lipinski definition) is 1. The summed E-state index contributed by atoms with van der Waals surface area (Å²) in [4.78, 5) is 18.8. The van der Waals surface area contributed by atoms with Crippen LogP contribution in [0.2, 0.25) is 0 Å². The molecular formula is C22H18N2OS. The molecule has 128 valence electrons. The molecule has 0 saturated carbocycles. The molecule has 0 spiro atoms. The van der Waals surface area contributed by atoms with Crippen LogP contribution in [0.4, 0.5) is 5.69 Å². The molecule has 1 amide bonds. The molecule has 0 bridgehead atoms. The SMILES string of the molecule is CCc1cccc(NC(=O)c2cc(-c3cccs3)nc3ccccc23)c1. The van der Waals surface area contributed by atoms with Crippen LogP contribution in [0.3, 0.4) is 0 Å². The number of thiophene rings is 1. The van der Waals surface area contributed by atoms with Gasteiger partial charge in [-0.05, 0) is 47.7 Å². The number of nitrogens with one attached hydrogen (secondary N) is 1. The molecule has 0 aliphatic heterocycles. The van der Waals surface area contributed by atoms with Gasteiger partial charge in [-0.3, -0.25) is 4.79 Å². The van der Waals surface area contributed by atoms with E-state index in [0.717, 1.165) is 33.6 Å². The number of rotatable bonds is 4. The molecule has 4 heteroatoms. The Hall–Kier alpha value is -2.98. The largest absolute Gasteiger partial charge is 0.322 e. The zero-order valence-corrected chi connectivity index (χ0v) is 15.2. The van der Waals surface area contributed by atoms with E-state index >= 15 is 0 Å². The number of fused-ring (bicyclic) bond motifs is 1. The van der Waals surface area contributed by atoms with Crippen molar-refractivity contribution >= 4 is 33.8 Å². The Morgan fingerprint density at radius 3 is 2.73 bits per heavy atom. The number of anilines is 1. The molecule has 2 aromatic heterocycles. The highest BCUT2D eigenvalue weighted by molar-refractivity contribution is 7.13. The Bertz CT molecular complexity index is 1070. The summed E-state index contributed by atoms with van der Waals surface area (Å²) in [5.41, 5.74) is 4.30. The van der Waals surface area contributed by atoms with Crippen LogP contribution in [0.25, 0.3) is 21.5 Å². The number of carbonyl (C=O) groups is 1. The van der Waals surface area contributed by atoms with E-state index < -0.39 is 0 Å². The molecule has 0 saturated heterocycles. The van der Waals surface area contributed by atoms with E-state index in [0.29, 0.717) is 5.56 Å². The maximum absolute atomic E-state index is 13.0.